The second-order valence-corrected chi connectivity index (χ2v) is 27.6. The molecule has 0 saturated carbocycles. The number of carbonyl (C=O) groups is 3. The fraction of sp³-hybridized carbons (Fsp3) is 0.337. The molecule has 9 aromatic rings. The van der Waals surface area contributed by atoms with Crippen molar-refractivity contribution in [3.05, 3.63) is 305 Å². The summed E-state index contributed by atoms with van der Waals surface area (Å²) in [5.41, 5.74) is 4.90. The van der Waals surface area contributed by atoms with E-state index >= 15 is 9.59 Å². The molecule has 0 bridgehead atoms. The summed E-state index contributed by atoms with van der Waals surface area (Å²) in [6.45, 7) is 1.70. The minimum absolute atomic E-state index is 0.0336. The first-order valence-electron chi connectivity index (χ1n) is 36.1. The molecule has 562 valence electrons. The number of benzene rings is 9. The number of amides is 2. The molecule has 21 nitrogen and oxygen atoms in total. The van der Waals surface area contributed by atoms with Crippen LogP contribution in [-0.4, -0.2) is 154 Å². The van der Waals surface area contributed by atoms with E-state index in [1.165, 1.54) is 18.7 Å². The van der Waals surface area contributed by atoms with E-state index < -0.39 is 122 Å². The van der Waals surface area contributed by atoms with Gasteiger partial charge in [-0.15, -0.1) is 11.8 Å². The van der Waals surface area contributed by atoms with Gasteiger partial charge in [-0.25, -0.2) is 0 Å². The van der Waals surface area contributed by atoms with Crippen LogP contribution in [0.2, 0.25) is 0 Å². The molecule has 0 aliphatic carbocycles. The Morgan fingerprint density at radius 1 is 0.463 bits per heavy atom. The normalized spacial score (nSPS) is 26.4. The number of hydrogen-bond donors (Lipinski definition) is 0. The number of ether oxygens (including phenoxy) is 17. The Balaban J connectivity index is 0.899. The maximum Gasteiger partial charge on any atom is 0.303 e. The highest BCUT2D eigenvalue weighted by atomic mass is 32.2. The number of esters is 1. The van der Waals surface area contributed by atoms with Crippen LogP contribution in [0.4, 0.5) is 0 Å². The topological polar surface area (TPSA) is 211 Å². The molecule has 1 unspecified atom stereocenters. The van der Waals surface area contributed by atoms with Crippen LogP contribution < -0.4 is 14.2 Å². The average molecular weight is 1490 g/mol. The van der Waals surface area contributed by atoms with Gasteiger partial charge in [0, 0.05) is 18.1 Å². The van der Waals surface area contributed by atoms with E-state index in [2.05, 4.69) is 0 Å². The zero-order valence-corrected chi connectivity index (χ0v) is 61.1. The summed E-state index contributed by atoms with van der Waals surface area (Å²) in [6.07, 6.45) is -15.8. The quantitative estimate of drug-likeness (QED) is 0.0218. The molecule has 2 amide bonds. The number of thioether (sulfide) groups is 1. The SMILES string of the molecule is COc1ccc(O[C@@H]2O[C@H](COCc3ccccc3)[C@@H](OC(O[C@H]3[C@@H](O[C@H]4O[C@H](COCc5ccccc5)[C@@H](OCc5ccccc5)[C@H](OCc5ccccc5)[C@@H]4OC(C)=O)[C@@H]4O[C@H](c5ccccc5)OC[C@H]4O[C@@H]3SC)c3ccc(OC)cc3)[C@H](OCc3ccccc3)[C@H]2N2C(=O)c3ccccc3C2=O)cc1. The number of fused-ring (bicyclic) bond motifs is 2. The molecule has 5 aliphatic rings. The van der Waals surface area contributed by atoms with Crippen LogP contribution in [0.15, 0.2) is 255 Å². The summed E-state index contributed by atoms with van der Waals surface area (Å²) >= 11 is 1.34. The predicted molar refractivity (Wildman–Crippen MR) is 397 cm³/mol. The van der Waals surface area contributed by atoms with Crippen LogP contribution in [-0.2, 0) is 104 Å². The van der Waals surface area contributed by atoms with E-state index in [1.54, 1.807) is 74.9 Å². The van der Waals surface area contributed by atoms with E-state index in [0.29, 0.717) is 22.8 Å². The molecule has 0 aromatic heterocycles. The standard InChI is InChI=1S/C86H87NO20S/c1-55(88)99-78-76(97-51-60-33-19-9-20-34-60)72(95-49-58-29-15-7-16-30-58)68(52-93-47-56-25-11-5-12-26-56)102-85(78)106-77-74-70(54-98-82(104-74)61-35-21-10-22-36-61)103-86(108-4)79(77)107-83(62-39-41-63(91-2)42-40-62)105-73-69(53-94-48-57-27-13-6-14-28-57)101-84(100-65-45-43-64(92-3)44-46-65)71(75(73)96-50-59-31-17-8-18-32-59)87-80(89)66-37-23-24-38-67(66)81(87)90/h5-46,68-79,82-86H,47-54H2,1-4H3/t68-,69-,70-,71-,72-,73-,74-,75-,76+,77+,78+,79+,82-,83?,84-,85-,86-/m1/s1. The first kappa shape index (κ1) is 75.6. The monoisotopic (exact) mass is 1490 g/mol. The van der Waals surface area contributed by atoms with Crippen LogP contribution in [0, 0.1) is 0 Å². The number of rotatable bonds is 32. The summed E-state index contributed by atoms with van der Waals surface area (Å²) in [4.78, 5) is 45.8. The van der Waals surface area contributed by atoms with Gasteiger partial charge in [-0.3, -0.25) is 19.3 Å². The number of imide groups is 1. The maximum absolute atomic E-state index is 15.3. The lowest BCUT2D eigenvalue weighted by atomic mass is 9.94. The van der Waals surface area contributed by atoms with Gasteiger partial charge < -0.3 is 80.5 Å². The lowest BCUT2D eigenvalue weighted by molar-refractivity contribution is -0.385. The number of nitrogens with zero attached hydrogens (tertiary/aromatic N) is 1. The maximum atomic E-state index is 15.3. The Bertz CT molecular complexity index is 4260. The average Bonchev–Trinajstić information content (AvgIpc) is 1.43. The van der Waals surface area contributed by atoms with Gasteiger partial charge in [0.25, 0.3) is 11.8 Å². The van der Waals surface area contributed by atoms with Gasteiger partial charge in [0.05, 0.1) is 78.2 Å². The number of hydrogen-bond acceptors (Lipinski definition) is 21. The van der Waals surface area contributed by atoms with Crippen LogP contribution >= 0.6 is 11.8 Å². The van der Waals surface area contributed by atoms with Gasteiger partial charge in [-0.2, -0.15) is 0 Å². The molecule has 0 N–H and O–H groups in total. The third-order valence-corrected chi connectivity index (χ3v) is 20.3. The van der Waals surface area contributed by atoms with Crippen molar-refractivity contribution in [3.8, 4) is 17.2 Å². The Morgan fingerprint density at radius 3 is 1.42 bits per heavy atom. The summed E-state index contributed by atoms with van der Waals surface area (Å²) in [5, 5.41) is 0. The van der Waals surface area contributed by atoms with E-state index in [1.807, 2.05) is 200 Å². The largest absolute Gasteiger partial charge is 0.497 e. The van der Waals surface area contributed by atoms with Gasteiger partial charge in [-0.1, -0.05) is 206 Å². The Kier molecular flexibility index (Phi) is 25.8. The molecule has 14 rings (SSSR count). The highest BCUT2D eigenvalue weighted by molar-refractivity contribution is 7.99. The van der Waals surface area contributed by atoms with Crippen molar-refractivity contribution < 1.29 is 94.9 Å². The molecule has 0 radical (unpaired) electrons. The molecule has 4 fully saturated rings. The molecule has 9 aromatic carbocycles. The smallest absolute Gasteiger partial charge is 0.303 e. The molecule has 108 heavy (non-hydrogen) atoms. The van der Waals surface area contributed by atoms with E-state index in [-0.39, 0.29) is 64.0 Å². The summed E-state index contributed by atoms with van der Waals surface area (Å²) in [7, 11) is 3.13. The third kappa shape index (κ3) is 18.4. The molecule has 5 aliphatic heterocycles. The highest BCUT2D eigenvalue weighted by Crippen LogP contribution is 2.45. The highest BCUT2D eigenvalue weighted by Gasteiger charge is 2.60. The van der Waals surface area contributed by atoms with Crippen LogP contribution in [0.5, 0.6) is 17.2 Å². The summed E-state index contributed by atoms with van der Waals surface area (Å²) in [6, 6.07) is 77.2. The fourth-order valence-corrected chi connectivity index (χ4v) is 14.8. The van der Waals surface area contributed by atoms with Gasteiger partial charge in [0.2, 0.25) is 6.29 Å². The minimum atomic E-state index is -1.48. The van der Waals surface area contributed by atoms with E-state index in [9.17, 15) is 4.79 Å². The summed E-state index contributed by atoms with van der Waals surface area (Å²) < 4.78 is 118. The lowest BCUT2D eigenvalue weighted by Gasteiger charge is -2.52. The van der Waals surface area contributed by atoms with Crippen molar-refractivity contribution in [3.63, 3.8) is 0 Å². The van der Waals surface area contributed by atoms with E-state index in [0.717, 1.165) is 38.3 Å². The Labute approximate surface area is 632 Å². The molecule has 4 saturated heterocycles. The molecule has 17 atom stereocenters. The van der Waals surface area contributed by atoms with Crippen LogP contribution in [0.25, 0.3) is 0 Å². The van der Waals surface area contributed by atoms with Crippen molar-refractivity contribution in [2.45, 2.75) is 144 Å². The van der Waals surface area contributed by atoms with Gasteiger partial charge in [0.15, 0.2) is 25.0 Å². The van der Waals surface area contributed by atoms with Crippen molar-refractivity contribution in [1.82, 2.24) is 4.90 Å². The van der Waals surface area contributed by atoms with Crippen molar-refractivity contribution in [2.24, 2.45) is 0 Å². The van der Waals surface area contributed by atoms with Gasteiger partial charge in [-0.05, 0) is 82.6 Å². The Hall–Kier alpha value is -9.18. The summed E-state index contributed by atoms with van der Waals surface area (Å²) in [5.74, 6) is -0.445. The fourth-order valence-electron chi connectivity index (χ4n) is 14.1. The van der Waals surface area contributed by atoms with Crippen LogP contribution in [0.1, 0.15) is 79.2 Å². The van der Waals surface area contributed by atoms with Crippen molar-refractivity contribution >= 4 is 29.5 Å². The van der Waals surface area contributed by atoms with Crippen molar-refractivity contribution in [1.29, 1.82) is 0 Å². The second kappa shape index (κ2) is 36.8. The van der Waals surface area contributed by atoms with Crippen LogP contribution in [0.3, 0.4) is 0 Å². The second-order valence-electron chi connectivity index (χ2n) is 26.6. The molecule has 22 heteroatoms. The number of carbonyl (C=O) groups excluding carboxylic acids is 3. The first-order chi connectivity index (χ1) is 53.1. The molecule has 5 heterocycles. The van der Waals surface area contributed by atoms with Gasteiger partial charge >= 0.3 is 5.97 Å². The molecular formula is C86H87NO20S. The zero-order valence-electron chi connectivity index (χ0n) is 60.2. The lowest BCUT2D eigenvalue weighted by Crippen LogP contribution is -2.68. The van der Waals surface area contributed by atoms with Gasteiger partial charge in [0.1, 0.15) is 89.8 Å². The third-order valence-electron chi connectivity index (χ3n) is 19.4. The zero-order chi connectivity index (χ0) is 74.1. The molecule has 0 spiro atoms. The Morgan fingerprint density at radius 2 is 0.907 bits per heavy atom. The van der Waals surface area contributed by atoms with Crippen molar-refractivity contribution in [2.75, 3.05) is 40.3 Å². The number of methoxy groups -OCH3 is 2. The molecular weight excluding hydrogens is 1400 g/mol. The van der Waals surface area contributed by atoms with E-state index in [4.69, 9.17) is 80.5 Å². The first-order valence-corrected chi connectivity index (χ1v) is 37.4. The minimum Gasteiger partial charge on any atom is -0.497 e. The predicted octanol–water partition coefficient (Wildman–Crippen LogP) is 13.4.